The summed E-state index contributed by atoms with van der Waals surface area (Å²) in [5, 5.41) is 11.9. The van der Waals surface area contributed by atoms with Gasteiger partial charge in [-0.1, -0.05) is 60.2 Å². The predicted molar refractivity (Wildman–Crippen MR) is 107 cm³/mol. The van der Waals surface area contributed by atoms with Gasteiger partial charge in [0.15, 0.2) is 5.82 Å². The molecule has 0 spiro atoms. The van der Waals surface area contributed by atoms with Gasteiger partial charge < -0.3 is 9.26 Å². The van der Waals surface area contributed by atoms with Crippen LogP contribution in [0, 0.1) is 0 Å². The van der Waals surface area contributed by atoms with Crippen molar-refractivity contribution in [2.24, 2.45) is 0 Å². The highest BCUT2D eigenvalue weighted by Gasteiger charge is 2.12. The molecule has 8 heteroatoms. The molecular formula is C20H19N5O2S. The molecule has 0 unspecified atom stereocenters. The number of nitrogens with one attached hydrogen (secondary N) is 1. The lowest BCUT2D eigenvalue weighted by Crippen LogP contribution is -1.86. The molecule has 0 aliphatic rings. The Morgan fingerprint density at radius 2 is 1.93 bits per heavy atom. The second kappa shape index (κ2) is 8.26. The normalized spacial score (nSPS) is 10.9. The lowest BCUT2D eigenvalue weighted by atomic mass is 10.1. The molecule has 7 nitrogen and oxygen atoms in total. The Bertz CT molecular complexity index is 1060. The van der Waals surface area contributed by atoms with Gasteiger partial charge in [-0.15, -0.1) is 5.10 Å². The van der Waals surface area contributed by atoms with Crippen LogP contribution >= 0.6 is 11.8 Å². The minimum Gasteiger partial charge on any atom is -0.497 e. The third-order valence-electron chi connectivity index (χ3n) is 4.22. The van der Waals surface area contributed by atoms with E-state index in [4.69, 9.17) is 9.26 Å². The van der Waals surface area contributed by atoms with E-state index in [-0.39, 0.29) is 0 Å². The van der Waals surface area contributed by atoms with Crippen molar-refractivity contribution in [2.45, 2.75) is 24.3 Å². The highest BCUT2D eigenvalue weighted by molar-refractivity contribution is 7.98. The van der Waals surface area contributed by atoms with Crippen molar-refractivity contribution in [3.05, 3.63) is 60.0 Å². The number of thioether (sulfide) groups is 1. The van der Waals surface area contributed by atoms with Crippen LogP contribution in [-0.2, 0) is 12.2 Å². The summed E-state index contributed by atoms with van der Waals surface area (Å²) in [4.78, 5) is 8.96. The van der Waals surface area contributed by atoms with Crippen molar-refractivity contribution in [3.8, 4) is 28.5 Å². The zero-order valence-corrected chi connectivity index (χ0v) is 16.4. The fraction of sp³-hybridized carbons (Fsp3) is 0.200. The van der Waals surface area contributed by atoms with Gasteiger partial charge in [-0.3, -0.25) is 5.10 Å². The topological polar surface area (TPSA) is 89.7 Å². The summed E-state index contributed by atoms with van der Waals surface area (Å²) in [5.41, 5.74) is 3.14. The van der Waals surface area contributed by atoms with Crippen molar-refractivity contribution >= 4 is 11.8 Å². The fourth-order valence-corrected chi connectivity index (χ4v) is 3.29. The van der Waals surface area contributed by atoms with Crippen molar-refractivity contribution in [2.75, 3.05) is 7.11 Å². The molecule has 28 heavy (non-hydrogen) atoms. The number of ether oxygens (including phenoxy) is 1. The number of nitrogens with zero attached hydrogens (tertiary/aromatic N) is 4. The first-order valence-electron chi connectivity index (χ1n) is 8.86. The van der Waals surface area contributed by atoms with E-state index >= 15 is 0 Å². The van der Waals surface area contributed by atoms with Gasteiger partial charge in [-0.2, -0.15) is 4.98 Å². The summed E-state index contributed by atoms with van der Waals surface area (Å²) in [6, 6.07) is 15.8. The number of hydrogen-bond donors (Lipinski definition) is 1. The molecule has 142 valence electrons. The lowest BCUT2D eigenvalue weighted by molar-refractivity contribution is 0.391. The van der Waals surface area contributed by atoms with Crippen LogP contribution in [0.3, 0.4) is 0 Å². The first-order chi connectivity index (χ1) is 13.7. The van der Waals surface area contributed by atoms with Crippen LogP contribution in [0.4, 0.5) is 0 Å². The number of benzene rings is 2. The van der Waals surface area contributed by atoms with Gasteiger partial charge in [0, 0.05) is 11.1 Å². The first-order valence-corrected chi connectivity index (χ1v) is 9.85. The molecule has 0 radical (unpaired) electrons. The first kappa shape index (κ1) is 18.2. The summed E-state index contributed by atoms with van der Waals surface area (Å²) in [7, 11) is 1.63. The summed E-state index contributed by atoms with van der Waals surface area (Å²) >= 11 is 1.44. The second-order valence-corrected chi connectivity index (χ2v) is 6.99. The fourth-order valence-electron chi connectivity index (χ4n) is 2.66. The zero-order chi connectivity index (χ0) is 19.3. The third kappa shape index (κ3) is 4.07. The SMILES string of the molecule is CCc1ccc(-c2nc(SCc3nc(-c4cccc(OC)c4)no3)n[nH]2)cc1. The number of aromatic nitrogens is 5. The Hall–Kier alpha value is -3.13. The van der Waals surface area contributed by atoms with Crippen LogP contribution in [-0.4, -0.2) is 32.4 Å². The average Bonchev–Trinajstić information content (AvgIpc) is 3.42. The Kier molecular flexibility index (Phi) is 5.38. The van der Waals surface area contributed by atoms with E-state index in [1.165, 1.54) is 17.3 Å². The van der Waals surface area contributed by atoms with Gasteiger partial charge >= 0.3 is 0 Å². The molecule has 0 atom stereocenters. The van der Waals surface area contributed by atoms with E-state index in [1.807, 2.05) is 36.4 Å². The number of rotatable bonds is 7. The lowest BCUT2D eigenvalue weighted by Gasteiger charge is -1.99. The second-order valence-electron chi connectivity index (χ2n) is 6.05. The molecule has 0 aliphatic carbocycles. The molecule has 4 aromatic rings. The van der Waals surface area contributed by atoms with Crippen LogP contribution in [0.1, 0.15) is 18.4 Å². The highest BCUT2D eigenvalue weighted by Crippen LogP contribution is 2.25. The van der Waals surface area contributed by atoms with Gasteiger partial charge in [0.1, 0.15) is 5.75 Å². The molecule has 1 N–H and O–H groups in total. The van der Waals surface area contributed by atoms with Crippen molar-refractivity contribution < 1.29 is 9.26 Å². The van der Waals surface area contributed by atoms with Gasteiger partial charge in [-0.25, -0.2) is 4.98 Å². The van der Waals surface area contributed by atoms with E-state index in [0.717, 1.165) is 29.1 Å². The summed E-state index contributed by atoms with van der Waals surface area (Å²) < 4.78 is 10.6. The van der Waals surface area contributed by atoms with Gasteiger partial charge in [0.05, 0.1) is 12.9 Å². The number of aryl methyl sites for hydroxylation is 1. The van der Waals surface area contributed by atoms with Crippen LogP contribution in [0.25, 0.3) is 22.8 Å². The number of H-pyrrole nitrogens is 1. The van der Waals surface area contributed by atoms with Crippen LogP contribution in [0.5, 0.6) is 5.75 Å². The van der Waals surface area contributed by atoms with E-state index in [0.29, 0.717) is 22.6 Å². The molecule has 0 amide bonds. The number of aromatic amines is 1. The zero-order valence-electron chi connectivity index (χ0n) is 15.5. The maximum absolute atomic E-state index is 5.34. The quantitative estimate of drug-likeness (QED) is 0.466. The molecule has 4 rings (SSSR count). The monoisotopic (exact) mass is 393 g/mol. The van der Waals surface area contributed by atoms with Gasteiger partial charge in [0.25, 0.3) is 0 Å². The molecule has 2 aromatic carbocycles. The van der Waals surface area contributed by atoms with E-state index < -0.39 is 0 Å². The largest absolute Gasteiger partial charge is 0.497 e. The highest BCUT2D eigenvalue weighted by atomic mass is 32.2. The average molecular weight is 393 g/mol. The van der Waals surface area contributed by atoms with Crippen molar-refractivity contribution in [1.29, 1.82) is 0 Å². The van der Waals surface area contributed by atoms with E-state index in [2.05, 4.69) is 44.4 Å². The van der Waals surface area contributed by atoms with Gasteiger partial charge in [0.2, 0.25) is 16.9 Å². The Morgan fingerprint density at radius 3 is 2.71 bits per heavy atom. The molecule has 0 bridgehead atoms. The van der Waals surface area contributed by atoms with E-state index in [1.54, 1.807) is 7.11 Å². The van der Waals surface area contributed by atoms with Crippen LogP contribution < -0.4 is 4.74 Å². The van der Waals surface area contributed by atoms with Crippen molar-refractivity contribution in [1.82, 2.24) is 25.3 Å². The van der Waals surface area contributed by atoms with Crippen molar-refractivity contribution in [3.63, 3.8) is 0 Å². The predicted octanol–water partition coefficient (Wildman–Crippen LogP) is 4.39. The Balaban J connectivity index is 1.41. The molecule has 0 aliphatic heterocycles. The minimum atomic E-state index is 0.489. The number of methoxy groups -OCH3 is 1. The van der Waals surface area contributed by atoms with Crippen LogP contribution in [0.2, 0.25) is 0 Å². The van der Waals surface area contributed by atoms with E-state index in [9.17, 15) is 0 Å². The van der Waals surface area contributed by atoms with Crippen LogP contribution in [0.15, 0.2) is 58.2 Å². The molecule has 2 aromatic heterocycles. The summed E-state index contributed by atoms with van der Waals surface area (Å²) in [6.07, 6.45) is 1.01. The Labute approximate surface area is 166 Å². The smallest absolute Gasteiger partial charge is 0.237 e. The summed E-state index contributed by atoms with van der Waals surface area (Å²) in [5.74, 6) is 3.03. The number of hydrogen-bond acceptors (Lipinski definition) is 7. The standard InChI is InChI=1S/C20H19N5O2S/c1-3-13-7-9-14(10-8-13)18-22-20(24-23-18)28-12-17-21-19(25-27-17)15-5-4-6-16(11-15)26-2/h4-11H,3,12H2,1-2H3,(H,22,23,24). The summed E-state index contributed by atoms with van der Waals surface area (Å²) in [6.45, 7) is 2.13. The van der Waals surface area contributed by atoms with Gasteiger partial charge in [-0.05, 0) is 24.1 Å². The molecule has 2 heterocycles. The molecular weight excluding hydrogens is 374 g/mol. The third-order valence-corrected chi connectivity index (χ3v) is 5.05. The minimum absolute atomic E-state index is 0.489. The maximum atomic E-state index is 5.34. The molecule has 0 fully saturated rings. The maximum Gasteiger partial charge on any atom is 0.237 e. The molecule has 0 saturated heterocycles. The Morgan fingerprint density at radius 1 is 1.07 bits per heavy atom. The molecule has 0 saturated carbocycles.